The number of nitrogens with one attached hydrogen (secondary N) is 2. The lowest BCUT2D eigenvalue weighted by molar-refractivity contribution is 0.0523. The third kappa shape index (κ3) is 5.09. The van der Waals surface area contributed by atoms with Crippen molar-refractivity contribution in [3.05, 3.63) is 49.7 Å². The summed E-state index contributed by atoms with van der Waals surface area (Å²) in [5.74, 6) is -0.635. The van der Waals surface area contributed by atoms with Crippen LogP contribution in [0.3, 0.4) is 0 Å². The predicted octanol–water partition coefficient (Wildman–Crippen LogP) is 2.90. The van der Waals surface area contributed by atoms with E-state index in [9.17, 15) is 19.1 Å². The zero-order chi connectivity index (χ0) is 17.9. The van der Waals surface area contributed by atoms with Crippen molar-refractivity contribution in [3.8, 4) is 5.88 Å². The molecule has 1 aromatic heterocycles. The highest BCUT2D eigenvalue weighted by Gasteiger charge is 2.16. The van der Waals surface area contributed by atoms with E-state index >= 15 is 0 Å². The number of carbonyl (C=O) groups is 1. The standard InChI is InChI=1S/C16H19FN2O4S/c1-16(2,3)23-14(21)18-8-10-6-9(4-5-11(10)17)7-12-13(20)19-15(22)24-12/h4-6,20H,7-8H2,1-3H3,(H,18,21)(H,19,22). The van der Waals surface area contributed by atoms with E-state index < -0.39 is 17.5 Å². The SMILES string of the molecule is CC(C)(C)OC(=O)NCc1cc(Cc2sc(=O)[nH]c2O)ccc1F. The van der Waals surface area contributed by atoms with Crippen molar-refractivity contribution < 1.29 is 19.0 Å². The van der Waals surface area contributed by atoms with Crippen LogP contribution < -0.4 is 10.2 Å². The van der Waals surface area contributed by atoms with E-state index in [1.807, 2.05) is 0 Å². The molecule has 24 heavy (non-hydrogen) atoms. The molecule has 0 bridgehead atoms. The first kappa shape index (κ1) is 18.0. The summed E-state index contributed by atoms with van der Waals surface area (Å²) in [7, 11) is 0. The van der Waals surface area contributed by atoms with Gasteiger partial charge < -0.3 is 15.2 Å². The molecule has 1 heterocycles. The molecule has 1 aromatic carbocycles. The number of halogens is 1. The van der Waals surface area contributed by atoms with Crippen LogP contribution in [0.4, 0.5) is 9.18 Å². The van der Waals surface area contributed by atoms with Gasteiger partial charge in [0.15, 0.2) is 0 Å². The largest absolute Gasteiger partial charge is 0.494 e. The van der Waals surface area contributed by atoms with Gasteiger partial charge in [0, 0.05) is 18.5 Å². The van der Waals surface area contributed by atoms with Gasteiger partial charge in [0.05, 0.1) is 4.88 Å². The van der Waals surface area contributed by atoms with E-state index in [2.05, 4.69) is 10.3 Å². The highest BCUT2D eigenvalue weighted by atomic mass is 32.1. The van der Waals surface area contributed by atoms with Gasteiger partial charge in [0.25, 0.3) is 0 Å². The van der Waals surface area contributed by atoms with E-state index in [4.69, 9.17) is 4.74 Å². The summed E-state index contributed by atoms with van der Waals surface area (Å²) < 4.78 is 19.0. The summed E-state index contributed by atoms with van der Waals surface area (Å²) in [6.45, 7) is 5.19. The van der Waals surface area contributed by atoms with Gasteiger partial charge >= 0.3 is 11.0 Å². The number of rotatable bonds is 4. The van der Waals surface area contributed by atoms with Gasteiger partial charge in [-0.3, -0.25) is 9.78 Å². The Hall–Kier alpha value is -2.35. The number of aromatic nitrogens is 1. The average molecular weight is 354 g/mol. The van der Waals surface area contributed by atoms with Crippen molar-refractivity contribution in [2.24, 2.45) is 0 Å². The molecule has 0 unspecified atom stereocenters. The van der Waals surface area contributed by atoms with E-state index in [1.165, 1.54) is 6.07 Å². The molecule has 0 atom stereocenters. The minimum Gasteiger partial charge on any atom is -0.494 e. The van der Waals surface area contributed by atoms with E-state index in [-0.39, 0.29) is 23.7 Å². The molecule has 0 fully saturated rings. The minimum absolute atomic E-state index is 0.0239. The summed E-state index contributed by atoms with van der Waals surface area (Å²) in [4.78, 5) is 25.2. The molecule has 0 aliphatic carbocycles. The molecule has 0 radical (unpaired) electrons. The lowest BCUT2D eigenvalue weighted by Crippen LogP contribution is -2.32. The molecule has 130 valence electrons. The fourth-order valence-electron chi connectivity index (χ4n) is 2.01. The van der Waals surface area contributed by atoms with Gasteiger partial charge in [-0.2, -0.15) is 0 Å². The number of aromatic hydroxyl groups is 1. The molecule has 2 aromatic rings. The number of hydrogen-bond donors (Lipinski definition) is 3. The maximum absolute atomic E-state index is 13.9. The molecule has 1 amide bonds. The average Bonchev–Trinajstić information content (AvgIpc) is 2.75. The number of carbonyl (C=O) groups excluding carboxylic acids is 1. The zero-order valence-electron chi connectivity index (χ0n) is 13.6. The smallest absolute Gasteiger partial charge is 0.407 e. The van der Waals surface area contributed by atoms with E-state index in [1.54, 1.807) is 32.9 Å². The number of hydrogen-bond acceptors (Lipinski definition) is 5. The normalized spacial score (nSPS) is 11.3. The van der Waals surface area contributed by atoms with Crippen LogP contribution in [0.25, 0.3) is 0 Å². The summed E-state index contributed by atoms with van der Waals surface area (Å²) in [5, 5.41) is 12.1. The molecule has 2 rings (SSSR count). The molecule has 0 aliphatic rings. The Kier molecular flexibility index (Phi) is 5.28. The molecule has 0 saturated heterocycles. The number of H-pyrrole nitrogens is 1. The monoisotopic (exact) mass is 354 g/mol. The number of benzene rings is 1. The second kappa shape index (κ2) is 7.04. The van der Waals surface area contributed by atoms with Crippen LogP contribution in [0.15, 0.2) is 23.0 Å². The van der Waals surface area contributed by atoms with Crippen molar-refractivity contribution in [2.45, 2.75) is 39.3 Å². The molecule has 0 spiro atoms. The highest BCUT2D eigenvalue weighted by molar-refractivity contribution is 7.09. The first-order valence-corrected chi connectivity index (χ1v) is 8.11. The second-order valence-electron chi connectivity index (χ2n) is 6.24. The molecule has 6 nitrogen and oxygen atoms in total. The topological polar surface area (TPSA) is 91.4 Å². The summed E-state index contributed by atoms with van der Waals surface area (Å²) in [6, 6.07) is 4.43. The van der Waals surface area contributed by atoms with Crippen molar-refractivity contribution in [3.63, 3.8) is 0 Å². The van der Waals surface area contributed by atoms with Crippen molar-refractivity contribution in [1.29, 1.82) is 0 Å². The maximum Gasteiger partial charge on any atom is 0.407 e. The fraction of sp³-hybridized carbons (Fsp3) is 0.375. The molecular weight excluding hydrogens is 335 g/mol. The van der Waals surface area contributed by atoms with Crippen LogP contribution >= 0.6 is 11.3 Å². The Bertz CT molecular complexity index is 792. The Labute approximate surface area is 142 Å². The zero-order valence-corrected chi connectivity index (χ0v) is 14.4. The molecule has 8 heteroatoms. The van der Waals surface area contributed by atoms with Gasteiger partial charge in [0.2, 0.25) is 5.88 Å². The first-order valence-electron chi connectivity index (χ1n) is 7.29. The number of aromatic amines is 1. The number of ether oxygens (including phenoxy) is 1. The predicted molar refractivity (Wildman–Crippen MR) is 88.9 cm³/mol. The molecule has 0 aliphatic heterocycles. The summed E-state index contributed by atoms with van der Waals surface area (Å²) >= 11 is 0.899. The lowest BCUT2D eigenvalue weighted by Gasteiger charge is -2.19. The Morgan fingerprint density at radius 2 is 2.12 bits per heavy atom. The Morgan fingerprint density at radius 1 is 1.42 bits per heavy atom. The Balaban J connectivity index is 2.07. The second-order valence-corrected chi connectivity index (χ2v) is 7.31. The third-order valence-electron chi connectivity index (χ3n) is 3.00. The van der Waals surface area contributed by atoms with Gasteiger partial charge in [-0.1, -0.05) is 23.5 Å². The molecule has 0 saturated carbocycles. The first-order chi connectivity index (χ1) is 11.1. The third-order valence-corrected chi connectivity index (χ3v) is 3.87. The van der Waals surface area contributed by atoms with Crippen LogP contribution in [0, 0.1) is 5.82 Å². The minimum atomic E-state index is -0.631. The fourth-order valence-corrected chi connectivity index (χ4v) is 2.77. The number of alkyl carbamates (subject to hydrolysis) is 1. The van der Waals surface area contributed by atoms with E-state index in [0.717, 1.165) is 11.3 Å². The number of amides is 1. The van der Waals surface area contributed by atoms with Crippen molar-refractivity contribution in [2.75, 3.05) is 0 Å². The number of thiazole rings is 1. The van der Waals surface area contributed by atoms with Crippen LogP contribution in [0.1, 0.15) is 36.8 Å². The van der Waals surface area contributed by atoms with Gasteiger partial charge in [-0.25, -0.2) is 9.18 Å². The van der Waals surface area contributed by atoms with Crippen molar-refractivity contribution in [1.82, 2.24) is 10.3 Å². The van der Waals surface area contributed by atoms with Crippen LogP contribution in [-0.2, 0) is 17.7 Å². The quantitative estimate of drug-likeness (QED) is 0.787. The highest BCUT2D eigenvalue weighted by Crippen LogP contribution is 2.21. The van der Waals surface area contributed by atoms with Crippen LogP contribution in [0.2, 0.25) is 0 Å². The van der Waals surface area contributed by atoms with Crippen LogP contribution in [-0.4, -0.2) is 21.8 Å². The maximum atomic E-state index is 13.9. The summed E-state index contributed by atoms with van der Waals surface area (Å²) in [5.41, 5.74) is 0.372. The van der Waals surface area contributed by atoms with Gasteiger partial charge in [-0.15, -0.1) is 0 Å². The van der Waals surface area contributed by atoms with Gasteiger partial charge in [0.1, 0.15) is 11.4 Å². The van der Waals surface area contributed by atoms with E-state index in [0.29, 0.717) is 16.0 Å². The molecule has 3 N–H and O–H groups in total. The molecular formula is C16H19FN2O4S. The van der Waals surface area contributed by atoms with Crippen LogP contribution in [0.5, 0.6) is 5.88 Å². The Morgan fingerprint density at radius 3 is 2.71 bits per heavy atom. The van der Waals surface area contributed by atoms with Crippen molar-refractivity contribution >= 4 is 17.4 Å². The van der Waals surface area contributed by atoms with Gasteiger partial charge in [-0.05, 0) is 32.4 Å². The summed E-state index contributed by atoms with van der Waals surface area (Å²) in [6.07, 6.45) is -0.344. The lowest BCUT2D eigenvalue weighted by atomic mass is 10.1.